The Kier molecular flexibility index (Phi) is 7.57. The molecule has 0 aliphatic carbocycles. The number of carbonyl (C=O) groups excluding carboxylic acids is 2. The van der Waals surface area contributed by atoms with Gasteiger partial charge in [0, 0.05) is 18.5 Å². The van der Waals surface area contributed by atoms with Gasteiger partial charge in [0.1, 0.15) is 13.2 Å². The molecule has 2 atom stereocenters. The molecule has 0 aromatic heterocycles. The van der Waals surface area contributed by atoms with Crippen LogP contribution in [0.1, 0.15) is 34.0 Å². The Morgan fingerprint density at radius 2 is 1.74 bits per heavy atom. The van der Waals surface area contributed by atoms with Gasteiger partial charge in [0.05, 0.1) is 18.4 Å². The average Bonchev–Trinajstić information content (AvgIpc) is 3.32. The van der Waals surface area contributed by atoms with E-state index in [1.165, 1.54) is 12.0 Å². The van der Waals surface area contributed by atoms with Crippen LogP contribution in [0.5, 0.6) is 0 Å². The average molecular weight is 472 g/mol. The van der Waals surface area contributed by atoms with E-state index >= 15 is 0 Å². The topological polar surface area (TPSA) is 91.2 Å². The Hall–Kier alpha value is -3.97. The van der Waals surface area contributed by atoms with E-state index in [0.29, 0.717) is 16.8 Å². The number of aliphatic hydroxyl groups excluding tert-OH is 1. The predicted octanol–water partition coefficient (Wildman–Crippen LogP) is 3.73. The van der Waals surface area contributed by atoms with Crippen molar-refractivity contribution in [3.05, 3.63) is 95.6 Å². The van der Waals surface area contributed by atoms with Crippen LogP contribution >= 0.6 is 0 Å². The van der Waals surface area contributed by atoms with Crippen molar-refractivity contribution >= 4 is 17.5 Å². The highest BCUT2D eigenvalue weighted by molar-refractivity contribution is 6.05. The van der Waals surface area contributed by atoms with Crippen LogP contribution in [0.15, 0.2) is 84.0 Å². The number of aryl methyl sites for hydroxylation is 1. The van der Waals surface area contributed by atoms with Crippen LogP contribution in [0.25, 0.3) is 11.1 Å². The van der Waals surface area contributed by atoms with Crippen LogP contribution in [0, 0.1) is 6.92 Å². The summed E-state index contributed by atoms with van der Waals surface area (Å²) in [4.78, 5) is 32.8. The number of hydrogen-bond donors (Lipinski definition) is 2. The number of hydrogen-bond acceptors (Lipinski definition) is 5. The number of aliphatic hydroxyl groups is 1. The van der Waals surface area contributed by atoms with E-state index in [1.807, 2.05) is 61.5 Å². The monoisotopic (exact) mass is 471 g/mol. The first-order valence-electron chi connectivity index (χ1n) is 11.5. The van der Waals surface area contributed by atoms with Crippen molar-refractivity contribution in [3.63, 3.8) is 0 Å². The number of oxime groups is 1. The molecule has 0 radical (unpaired) electrons. The van der Waals surface area contributed by atoms with E-state index < -0.39 is 12.1 Å². The van der Waals surface area contributed by atoms with Crippen LogP contribution in [0.3, 0.4) is 0 Å². The highest BCUT2D eigenvalue weighted by Gasteiger charge is 2.38. The lowest BCUT2D eigenvalue weighted by atomic mass is 9.99. The lowest BCUT2D eigenvalue weighted by Crippen LogP contribution is -2.46. The fraction of sp³-hybridized carbons (Fsp3) is 0.250. The molecule has 0 saturated carbocycles. The maximum Gasteiger partial charge on any atom is 0.254 e. The summed E-state index contributed by atoms with van der Waals surface area (Å²) in [6.45, 7) is 2.29. The Balaban J connectivity index is 1.49. The third-order valence-corrected chi connectivity index (χ3v) is 6.18. The number of likely N-dealkylation sites (tertiary alicyclic amines) is 1. The van der Waals surface area contributed by atoms with Gasteiger partial charge in [-0.15, -0.1) is 0 Å². The predicted molar refractivity (Wildman–Crippen MR) is 135 cm³/mol. The van der Waals surface area contributed by atoms with Crippen molar-refractivity contribution in [2.45, 2.75) is 25.5 Å². The molecule has 1 fully saturated rings. The fourth-order valence-corrected chi connectivity index (χ4v) is 4.31. The van der Waals surface area contributed by atoms with E-state index in [1.54, 1.807) is 24.3 Å². The minimum absolute atomic E-state index is 0.0449. The lowest BCUT2D eigenvalue weighted by molar-refractivity contribution is -0.125. The highest BCUT2D eigenvalue weighted by Crippen LogP contribution is 2.25. The second-order valence-corrected chi connectivity index (χ2v) is 8.56. The SMILES string of the molecule is CO/N=C1\C[C@@H](C(=O)NCC(O)c2ccccc2)N(C(=O)c2ccc(-c3ccccc3C)cc2)C1. The molecular formula is C28H29N3O4. The first-order valence-corrected chi connectivity index (χ1v) is 11.5. The summed E-state index contributed by atoms with van der Waals surface area (Å²) in [5, 5.41) is 17.2. The summed E-state index contributed by atoms with van der Waals surface area (Å²) in [5.74, 6) is -0.599. The Morgan fingerprint density at radius 3 is 2.43 bits per heavy atom. The quantitative estimate of drug-likeness (QED) is 0.514. The Bertz CT molecular complexity index is 1210. The summed E-state index contributed by atoms with van der Waals surface area (Å²) in [6.07, 6.45) is -0.569. The number of rotatable bonds is 7. The standard InChI is InChI=1S/C28H29N3O4/c1-19-8-6-7-11-24(19)20-12-14-22(15-13-20)28(34)31-18-23(30-35-2)16-25(31)27(33)29-17-26(32)21-9-4-3-5-10-21/h3-15,25-26,32H,16-18H2,1-2H3,(H,29,33)/b30-23+/t25-,26?/m0/s1. The van der Waals surface area contributed by atoms with Crippen LogP contribution in [-0.2, 0) is 9.63 Å². The maximum atomic E-state index is 13.4. The van der Waals surface area contributed by atoms with Crippen molar-refractivity contribution in [1.82, 2.24) is 10.2 Å². The molecule has 2 amide bonds. The van der Waals surface area contributed by atoms with Crippen molar-refractivity contribution < 1.29 is 19.5 Å². The molecule has 0 spiro atoms. The first kappa shape index (κ1) is 24.2. The number of nitrogens with zero attached hydrogens (tertiary/aromatic N) is 2. The molecular weight excluding hydrogens is 442 g/mol. The molecule has 1 heterocycles. The Morgan fingerprint density at radius 1 is 1.06 bits per heavy atom. The van der Waals surface area contributed by atoms with Gasteiger partial charge < -0.3 is 20.2 Å². The van der Waals surface area contributed by atoms with Gasteiger partial charge in [-0.05, 0) is 41.3 Å². The van der Waals surface area contributed by atoms with Crippen LogP contribution in [0.4, 0.5) is 0 Å². The molecule has 4 rings (SSSR count). The summed E-state index contributed by atoms with van der Waals surface area (Å²) in [7, 11) is 1.44. The molecule has 7 nitrogen and oxygen atoms in total. The molecule has 3 aromatic carbocycles. The van der Waals surface area contributed by atoms with Gasteiger partial charge in [0.25, 0.3) is 5.91 Å². The van der Waals surface area contributed by atoms with Gasteiger partial charge >= 0.3 is 0 Å². The molecule has 3 aromatic rings. The van der Waals surface area contributed by atoms with Crippen LogP contribution in [-0.4, -0.2) is 53.8 Å². The third kappa shape index (κ3) is 5.58. The van der Waals surface area contributed by atoms with Crippen LogP contribution in [0.2, 0.25) is 0 Å². The smallest absolute Gasteiger partial charge is 0.254 e. The maximum absolute atomic E-state index is 13.4. The number of amides is 2. The minimum Gasteiger partial charge on any atom is -0.399 e. The Labute approximate surface area is 205 Å². The number of carbonyl (C=O) groups is 2. The zero-order valence-corrected chi connectivity index (χ0v) is 19.8. The molecule has 1 saturated heterocycles. The van der Waals surface area contributed by atoms with E-state index in [0.717, 1.165) is 16.7 Å². The zero-order chi connectivity index (χ0) is 24.8. The number of nitrogens with one attached hydrogen (secondary N) is 1. The molecule has 1 aliphatic rings. The fourth-order valence-electron chi connectivity index (χ4n) is 4.31. The van der Waals surface area contributed by atoms with E-state index in [2.05, 4.69) is 10.5 Å². The van der Waals surface area contributed by atoms with Crippen molar-refractivity contribution in [3.8, 4) is 11.1 Å². The van der Waals surface area contributed by atoms with Crippen LogP contribution < -0.4 is 5.32 Å². The van der Waals surface area contributed by atoms with Crippen molar-refractivity contribution in [2.75, 3.05) is 20.2 Å². The second-order valence-electron chi connectivity index (χ2n) is 8.56. The molecule has 35 heavy (non-hydrogen) atoms. The summed E-state index contributed by atoms with van der Waals surface area (Å²) < 4.78 is 0. The zero-order valence-electron chi connectivity index (χ0n) is 19.8. The molecule has 1 unspecified atom stereocenters. The molecule has 1 aliphatic heterocycles. The first-order chi connectivity index (χ1) is 17.0. The highest BCUT2D eigenvalue weighted by atomic mass is 16.6. The molecule has 2 N–H and O–H groups in total. The van der Waals surface area contributed by atoms with E-state index in [9.17, 15) is 14.7 Å². The van der Waals surface area contributed by atoms with E-state index in [-0.39, 0.29) is 31.3 Å². The molecule has 180 valence electrons. The van der Waals surface area contributed by atoms with Gasteiger partial charge in [0.15, 0.2) is 0 Å². The van der Waals surface area contributed by atoms with Gasteiger partial charge in [0.2, 0.25) is 5.91 Å². The molecule has 0 bridgehead atoms. The largest absolute Gasteiger partial charge is 0.399 e. The van der Waals surface area contributed by atoms with Crippen molar-refractivity contribution in [2.24, 2.45) is 5.16 Å². The molecule has 7 heteroatoms. The van der Waals surface area contributed by atoms with E-state index in [4.69, 9.17) is 4.84 Å². The second kappa shape index (κ2) is 11.0. The minimum atomic E-state index is -0.841. The van der Waals surface area contributed by atoms with Crippen molar-refractivity contribution in [1.29, 1.82) is 0 Å². The van der Waals surface area contributed by atoms with Gasteiger partial charge in [-0.2, -0.15) is 0 Å². The third-order valence-electron chi connectivity index (χ3n) is 6.18. The van der Waals surface area contributed by atoms with Gasteiger partial charge in [-0.1, -0.05) is 71.9 Å². The number of benzene rings is 3. The summed E-state index contributed by atoms with van der Waals surface area (Å²) in [5.41, 5.74) is 5.09. The normalized spacial score (nSPS) is 17.3. The van der Waals surface area contributed by atoms with Gasteiger partial charge in [-0.25, -0.2) is 0 Å². The lowest BCUT2D eigenvalue weighted by Gasteiger charge is -2.24. The summed E-state index contributed by atoms with van der Waals surface area (Å²) >= 11 is 0. The summed E-state index contributed by atoms with van der Waals surface area (Å²) in [6, 6.07) is 23.8. The van der Waals surface area contributed by atoms with Gasteiger partial charge in [-0.3, -0.25) is 9.59 Å².